The van der Waals surface area contributed by atoms with E-state index in [0.29, 0.717) is 5.92 Å². The number of thioether (sulfide) groups is 1. The summed E-state index contributed by atoms with van der Waals surface area (Å²) in [6.45, 7) is 4.29. The molecule has 0 spiro atoms. The van der Waals surface area contributed by atoms with Crippen LogP contribution < -0.4 is 0 Å². The summed E-state index contributed by atoms with van der Waals surface area (Å²) in [4.78, 5) is 19.2. The van der Waals surface area contributed by atoms with E-state index in [0.717, 1.165) is 28.7 Å². The highest BCUT2D eigenvalue weighted by Crippen LogP contribution is 2.32. The number of carbonyl (C=O) groups excluding carboxylic acids is 1. The Balaban J connectivity index is 1.74. The maximum absolute atomic E-state index is 12.0. The van der Waals surface area contributed by atoms with Gasteiger partial charge in [-0.15, -0.1) is 0 Å². The van der Waals surface area contributed by atoms with Gasteiger partial charge in [-0.2, -0.15) is 4.99 Å². The van der Waals surface area contributed by atoms with Gasteiger partial charge in [0.15, 0.2) is 5.17 Å². The number of piperidine rings is 1. The lowest BCUT2D eigenvalue weighted by molar-refractivity contribution is -0.113. The highest BCUT2D eigenvalue weighted by atomic mass is 32.2. The third-order valence-electron chi connectivity index (χ3n) is 3.63. The first kappa shape index (κ1) is 13.4. The Kier molecular flexibility index (Phi) is 3.92. The molecule has 20 heavy (non-hydrogen) atoms. The topological polar surface area (TPSA) is 32.7 Å². The highest BCUT2D eigenvalue weighted by Gasteiger charge is 2.28. The molecule has 0 N–H and O–H groups in total. The molecule has 3 nitrogen and oxygen atoms in total. The molecule has 1 amide bonds. The Labute approximate surface area is 123 Å². The molecule has 3 rings (SSSR count). The summed E-state index contributed by atoms with van der Waals surface area (Å²) < 4.78 is 0. The van der Waals surface area contributed by atoms with Crippen molar-refractivity contribution < 1.29 is 4.79 Å². The second kappa shape index (κ2) is 5.83. The average molecular weight is 286 g/mol. The van der Waals surface area contributed by atoms with Crippen LogP contribution >= 0.6 is 11.8 Å². The standard InChI is InChI=1S/C16H18N2OS/c1-12-6-5-9-18(11-12)16-17-15(19)14(20-16)10-13-7-3-2-4-8-13/h2-4,7-8,10,12H,5-6,9,11H2,1H3/b14-10+. The van der Waals surface area contributed by atoms with Crippen molar-refractivity contribution in [3.05, 3.63) is 40.8 Å². The fourth-order valence-electron chi connectivity index (χ4n) is 2.60. The van der Waals surface area contributed by atoms with Crippen LogP contribution in [0.1, 0.15) is 25.3 Å². The fourth-order valence-corrected chi connectivity index (χ4v) is 3.55. The molecule has 0 aromatic heterocycles. The van der Waals surface area contributed by atoms with Crippen LogP contribution in [-0.2, 0) is 4.79 Å². The van der Waals surface area contributed by atoms with Crippen LogP contribution in [0, 0.1) is 5.92 Å². The van der Waals surface area contributed by atoms with Crippen molar-refractivity contribution in [1.82, 2.24) is 4.90 Å². The zero-order valence-corrected chi connectivity index (χ0v) is 12.4. The first-order valence-electron chi connectivity index (χ1n) is 7.05. The van der Waals surface area contributed by atoms with Gasteiger partial charge >= 0.3 is 0 Å². The first-order valence-corrected chi connectivity index (χ1v) is 7.86. The van der Waals surface area contributed by atoms with Crippen LogP contribution in [0.3, 0.4) is 0 Å². The van der Waals surface area contributed by atoms with Gasteiger partial charge in [0.2, 0.25) is 0 Å². The quantitative estimate of drug-likeness (QED) is 0.742. The molecule has 1 atom stereocenters. The Morgan fingerprint density at radius 2 is 2.15 bits per heavy atom. The zero-order valence-electron chi connectivity index (χ0n) is 11.6. The summed E-state index contributed by atoms with van der Waals surface area (Å²) in [6.07, 6.45) is 4.39. The molecule has 2 aliphatic rings. The highest BCUT2D eigenvalue weighted by molar-refractivity contribution is 8.18. The molecule has 2 heterocycles. The lowest BCUT2D eigenvalue weighted by atomic mass is 10.0. The summed E-state index contributed by atoms with van der Waals surface area (Å²) in [5.41, 5.74) is 1.05. The molecular formula is C16H18N2OS. The van der Waals surface area contributed by atoms with Gasteiger partial charge in [0, 0.05) is 13.1 Å². The van der Waals surface area contributed by atoms with Gasteiger partial charge in [0.1, 0.15) is 0 Å². The second-order valence-electron chi connectivity index (χ2n) is 5.41. The molecule has 1 aromatic rings. The zero-order chi connectivity index (χ0) is 13.9. The third kappa shape index (κ3) is 2.96. The molecule has 1 unspecified atom stereocenters. The lowest BCUT2D eigenvalue weighted by Gasteiger charge is -2.31. The van der Waals surface area contributed by atoms with Crippen molar-refractivity contribution in [3.8, 4) is 0 Å². The SMILES string of the molecule is CC1CCCN(C2=NC(=O)/C(=C\c3ccccc3)S2)C1. The first-order chi connectivity index (χ1) is 9.72. The molecule has 0 aliphatic carbocycles. The third-order valence-corrected chi connectivity index (χ3v) is 4.68. The van der Waals surface area contributed by atoms with Gasteiger partial charge in [0.25, 0.3) is 5.91 Å². The summed E-state index contributed by atoms with van der Waals surface area (Å²) in [5, 5.41) is 0.878. The molecular weight excluding hydrogens is 268 g/mol. The van der Waals surface area contributed by atoms with Gasteiger partial charge in [-0.1, -0.05) is 37.3 Å². The van der Waals surface area contributed by atoms with Crippen LogP contribution in [0.5, 0.6) is 0 Å². The van der Waals surface area contributed by atoms with E-state index in [1.165, 1.54) is 24.6 Å². The second-order valence-corrected chi connectivity index (χ2v) is 6.42. The predicted octanol–water partition coefficient (Wildman–Crippen LogP) is 3.39. The minimum absolute atomic E-state index is 0.105. The molecule has 0 saturated carbocycles. The average Bonchev–Trinajstić information content (AvgIpc) is 2.81. The number of amides is 1. The van der Waals surface area contributed by atoms with Crippen molar-refractivity contribution in [2.24, 2.45) is 10.9 Å². The van der Waals surface area contributed by atoms with Crippen molar-refractivity contribution in [1.29, 1.82) is 0 Å². The Bertz CT molecular complexity index is 565. The number of hydrogen-bond acceptors (Lipinski definition) is 3. The van der Waals surface area contributed by atoms with Crippen molar-refractivity contribution in [2.45, 2.75) is 19.8 Å². The predicted molar refractivity (Wildman–Crippen MR) is 84.4 cm³/mol. The Hall–Kier alpha value is -1.55. The number of hydrogen-bond donors (Lipinski definition) is 0. The summed E-state index contributed by atoms with van der Waals surface area (Å²) in [7, 11) is 0. The lowest BCUT2D eigenvalue weighted by Crippen LogP contribution is -2.37. The van der Waals surface area contributed by atoms with Crippen molar-refractivity contribution in [3.63, 3.8) is 0 Å². The molecule has 1 fully saturated rings. The maximum Gasteiger partial charge on any atom is 0.286 e. The molecule has 0 bridgehead atoms. The summed E-state index contributed by atoms with van der Waals surface area (Å²) in [6, 6.07) is 9.93. The molecule has 0 radical (unpaired) electrons. The Morgan fingerprint density at radius 1 is 1.35 bits per heavy atom. The van der Waals surface area contributed by atoms with Gasteiger partial charge in [0.05, 0.1) is 4.91 Å². The van der Waals surface area contributed by atoms with E-state index in [9.17, 15) is 4.79 Å². The number of likely N-dealkylation sites (tertiary alicyclic amines) is 1. The number of amidine groups is 1. The van der Waals surface area contributed by atoms with Crippen LogP contribution in [-0.4, -0.2) is 29.1 Å². The van der Waals surface area contributed by atoms with E-state index in [-0.39, 0.29) is 5.91 Å². The van der Waals surface area contributed by atoms with E-state index >= 15 is 0 Å². The smallest absolute Gasteiger partial charge is 0.286 e. The number of rotatable bonds is 1. The molecule has 2 aliphatic heterocycles. The monoisotopic (exact) mass is 286 g/mol. The van der Waals surface area contributed by atoms with E-state index in [4.69, 9.17) is 0 Å². The fraction of sp³-hybridized carbons (Fsp3) is 0.375. The molecule has 104 valence electrons. The largest absolute Gasteiger partial charge is 0.351 e. The molecule has 1 saturated heterocycles. The maximum atomic E-state index is 12.0. The normalized spacial score (nSPS) is 25.1. The van der Waals surface area contributed by atoms with Gasteiger partial charge < -0.3 is 4.90 Å². The van der Waals surface area contributed by atoms with Gasteiger partial charge in [-0.05, 0) is 42.2 Å². The van der Waals surface area contributed by atoms with Crippen LogP contribution in [0.15, 0.2) is 40.2 Å². The van der Waals surface area contributed by atoms with E-state index < -0.39 is 0 Å². The minimum atomic E-state index is -0.105. The van der Waals surface area contributed by atoms with E-state index in [1.807, 2.05) is 36.4 Å². The molecule has 1 aromatic carbocycles. The Morgan fingerprint density at radius 3 is 2.90 bits per heavy atom. The molecule has 4 heteroatoms. The van der Waals surface area contributed by atoms with Crippen LogP contribution in [0.2, 0.25) is 0 Å². The summed E-state index contributed by atoms with van der Waals surface area (Å²) >= 11 is 1.51. The minimum Gasteiger partial charge on any atom is -0.351 e. The van der Waals surface area contributed by atoms with Gasteiger partial charge in [-0.25, -0.2) is 0 Å². The number of nitrogens with zero attached hydrogens (tertiary/aromatic N) is 2. The number of aliphatic imine (C=N–C) groups is 1. The van der Waals surface area contributed by atoms with Crippen molar-refractivity contribution >= 4 is 28.9 Å². The van der Waals surface area contributed by atoms with Crippen LogP contribution in [0.25, 0.3) is 6.08 Å². The van der Waals surface area contributed by atoms with Crippen molar-refractivity contribution in [2.75, 3.05) is 13.1 Å². The van der Waals surface area contributed by atoms with E-state index in [2.05, 4.69) is 16.8 Å². The summed E-state index contributed by atoms with van der Waals surface area (Å²) in [5.74, 6) is 0.580. The number of benzene rings is 1. The van der Waals surface area contributed by atoms with Gasteiger partial charge in [-0.3, -0.25) is 4.79 Å². The van der Waals surface area contributed by atoms with E-state index in [1.54, 1.807) is 0 Å². The van der Waals surface area contributed by atoms with Crippen LogP contribution in [0.4, 0.5) is 0 Å². The number of carbonyl (C=O) groups is 1.